The van der Waals surface area contributed by atoms with Gasteiger partial charge in [-0.05, 0) is 47.9 Å². The molecule has 0 aliphatic carbocycles. The second kappa shape index (κ2) is 6.90. The van der Waals surface area contributed by atoms with Crippen LogP contribution in [0, 0.1) is 5.82 Å². The van der Waals surface area contributed by atoms with E-state index >= 15 is 0 Å². The molecule has 1 fully saturated rings. The number of pyridine rings is 1. The summed E-state index contributed by atoms with van der Waals surface area (Å²) in [6.45, 7) is 5.65. The molecule has 128 valence electrons. The summed E-state index contributed by atoms with van der Waals surface area (Å²) < 4.78 is 18.7. The summed E-state index contributed by atoms with van der Waals surface area (Å²) in [6.07, 6.45) is 1.82. The number of fused-ring (bicyclic) bond motifs is 1. The third kappa shape index (κ3) is 3.41. The van der Waals surface area contributed by atoms with E-state index in [0.29, 0.717) is 6.04 Å². The maximum atomic E-state index is 13.2. The van der Waals surface area contributed by atoms with Crippen molar-refractivity contribution in [3.05, 3.63) is 66.1 Å². The number of aromatic nitrogens is 1. The normalized spacial score (nSPS) is 18.6. The van der Waals surface area contributed by atoms with E-state index in [4.69, 9.17) is 4.74 Å². The number of nitrogens with zero attached hydrogens (tertiary/aromatic N) is 2. The molecule has 0 saturated carbocycles. The monoisotopic (exact) mass is 336 g/mol. The lowest BCUT2D eigenvalue weighted by Gasteiger charge is -2.33. The summed E-state index contributed by atoms with van der Waals surface area (Å²) in [4.78, 5) is 6.98. The molecular formula is C21H21FN2O. The smallest absolute Gasteiger partial charge is 0.123 e. The Hall–Kier alpha value is -2.30. The van der Waals surface area contributed by atoms with Gasteiger partial charge in [-0.1, -0.05) is 24.3 Å². The molecule has 4 heteroatoms. The predicted octanol–water partition coefficient (Wildman–Crippen LogP) is 4.26. The lowest BCUT2D eigenvalue weighted by Crippen LogP contribution is -2.42. The van der Waals surface area contributed by atoms with Gasteiger partial charge in [-0.15, -0.1) is 0 Å². The van der Waals surface area contributed by atoms with Crippen molar-refractivity contribution in [2.45, 2.75) is 19.5 Å². The topological polar surface area (TPSA) is 25.4 Å². The molecule has 1 aliphatic heterocycles. The van der Waals surface area contributed by atoms with Crippen molar-refractivity contribution in [1.82, 2.24) is 9.88 Å². The molecule has 2 heterocycles. The number of morpholine rings is 1. The maximum Gasteiger partial charge on any atom is 0.123 e. The number of halogens is 1. The van der Waals surface area contributed by atoms with Crippen molar-refractivity contribution in [2.75, 3.05) is 19.8 Å². The maximum absolute atomic E-state index is 13.2. The molecule has 0 N–H and O–H groups in total. The van der Waals surface area contributed by atoms with E-state index in [-0.39, 0.29) is 5.82 Å². The Labute approximate surface area is 147 Å². The molecule has 1 aromatic heterocycles. The van der Waals surface area contributed by atoms with Gasteiger partial charge in [0.05, 0.1) is 18.7 Å². The molecule has 2 aromatic carbocycles. The van der Waals surface area contributed by atoms with Crippen LogP contribution in [0.25, 0.3) is 22.0 Å². The predicted molar refractivity (Wildman–Crippen MR) is 97.8 cm³/mol. The van der Waals surface area contributed by atoms with Crippen LogP contribution in [0.15, 0.2) is 54.7 Å². The zero-order chi connectivity index (χ0) is 17.2. The Morgan fingerprint density at radius 1 is 1.16 bits per heavy atom. The summed E-state index contributed by atoms with van der Waals surface area (Å²) in [7, 11) is 0. The van der Waals surface area contributed by atoms with Gasteiger partial charge in [0.1, 0.15) is 5.82 Å². The molecule has 1 aliphatic rings. The fraction of sp³-hybridized carbons (Fsp3) is 0.286. The number of benzene rings is 2. The van der Waals surface area contributed by atoms with Crippen LogP contribution >= 0.6 is 0 Å². The van der Waals surface area contributed by atoms with Gasteiger partial charge in [0.15, 0.2) is 0 Å². The van der Waals surface area contributed by atoms with Crippen LogP contribution in [0.3, 0.4) is 0 Å². The number of rotatable bonds is 3. The summed E-state index contributed by atoms with van der Waals surface area (Å²) in [6, 6.07) is 15.5. The van der Waals surface area contributed by atoms with Crippen molar-refractivity contribution < 1.29 is 9.13 Å². The molecule has 1 saturated heterocycles. The highest BCUT2D eigenvalue weighted by Crippen LogP contribution is 2.28. The van der Waals surface area contributed by atoms with Gasteiger partial charge in [0, 0.05) is 30.7 Å². The zero-order valence-corrected chi connectivity index (χ0v) is 14.3. The first-order valence-corrected chi connectivity index (χ1v) is 8.66. The van der Waals surface area contributed by atoms with Crippen molar-refractivity contribution in [2.24, 2.45) is 0 Å². The lowest BCUT2D eigenvalue weighted by atomic mass is 10.00. The molecule has 0 unspecified atom stereocenters. The van der Waals surface area contributed by atoms with E-state index in [2.05, 4.69) is 35.0 Å². The van der Waals surface area contributed by atoms with Gasteiger partial charge in [-0.2, -0.15) is 0 Å². The van der Waals surface area contributed by atoms with Crippen LogP contribution in [0.5, 0.6) is 0 Å². The Morgan fingerprint density at radius 2 is 2.00 bits per heavy atom. The van der Waals surface area contributed by atoms with Crippen LogP contribution in [-0.2, 0) is 11.3 Å². The minimum atomic E-state index is -0.218. The van der Waals surface area contributed by atoms with E-state index in [1.807, 2.05) is 24.4 Å². The summed E-state index contributed by atoms with van der Waals surface area (Å²) in [5.41, 5.74) is 4.31. The molecule has 3 nitrogen and oxygen atoms in total. The van der Waals surface area contributed by atoms with E-state index in [0.717, 1.165) is 48.3 Å². The second-order valence-electron chi connectivity index (χ2n) is 6.61. The molecule has 1 atom stereocenters. The Bertz CT molecular complexity index is 879. The van der Waals surface area contributed by atoms with Gasteiger partial charge >= 0.3 is 0 Å². The third-order valence-electron chi connectivity index (χ3n) is 4.85. The van der Waals surface area contributed by atoms with Crippen molar-refractivity contribution >= 4 is 10.9 Å². The fourth-order valence-electron chi connectivity index (χ4n) is 3.40. The van der Waals surface area contributed by atoms with Gasteiger partial charge in [-0.3, -0.25) is 9.88 Å². The average Bonchev–Trinajstić information content (AvgIpc) is 2.64. The Balaban J connectivity index is 1.66. The largest absolute Gasteiger partial charge is 0.379 e. The average molecular weight is 336 g/mol. The second-order valence-corrected chi connectivity index (χ2v) is 6.61. The number of ether oxygens (including phenoxy) is 1. The van der Waals surface area contributed by atoms with Crippen LogP contribution in [0.1, 0.15) is 12.5 Å². The van der Waals surface area contributed by atoms with Crippen LogP contribution < -0.4 is 0 Å². The van der Waals surface area contributed by atoms with Crippen molar-refractivity contribution in [3.63, 3.8) is 0 Å². The molecular weight excluding hydrogens is 315 g/mol. The molecule has 0 radical (unpaired) electrons. The minimum absolute atomic E-state index is 0.218. The van der Waals surface area contributed by atoms with Crippen molar-refractivity contribution in [3.8, 4) is 11.1 Å². The molecule has 0 bridgehead atoms. The molecule has 0 spiro atoms. The number of hydrogen-bond acceptors (Lipinski definition) is 3. The fourth-order valence-corrected chi connectivity index (χ4v) is 3.40. The first-order valence-electron chi connectivity index (χ1n) is 8.66. The first-order chi connectivity index (χ1) is 12.2. The first kappa shape index (κ1) is 16.2. The summed E-state index contributed by atoms with van der Waals surface area (Å²) in [5, 5.41) is 1.09. The quantitative estimate of drug-likeness (QED) is 0.714. The minimum Gasteiger partial charge on any atom is -0.379 e. The summed E-state index contributed by atoms with van der Waals surface area (Å²) >= 11 is 0. The molecule has 25 heavy (non-hydrogen) atoms. The SMILES string of the molecule is C[C@H]1COCCN1Cc1ccc2c(-c3ccc(F)cc3)ccnc2c1. The summed E-state index contributed by atoms with van der Waals surface area (Å²) in [5.74, 6) is -0.218. The van der Waals surface area contributed by atoms with E-state index in [1.165, 1.54) is 17.7 Å². The van der Waals surface area contributed by atoms with Crippen LogP contribution in [0.2, 0.25) is 0 Å². The van der Waals surface area contributed by atoms with Crippen LogP contribution in [0.4, 0.5) is 4.39 Å². The Kier molecular flexibility index (Phi) is 4.47. The van der Waals surface area contributed by atoms with Gasteiger partial charge < -0.3 is 4.74 Å². The van der Waals surface area contributed by atoms with E-state index < -0.39 is 0 Å². The zero-order valence-electron chi connectivity index (χ0n) is 14.3. The molecule has 0 amide bonds. The standard InChI is InChI=1S/C21H21FN2O/c1-15-14-25-11-10-24(15)13-16-2-7-20-19(8-9-23-21(20)12-16)17-3-5-18(22)6-4-17/h2-9,12,15H,10-11,13-14H2,1H3/t15-/m0/s1. The highest BCUT2D eigenvalue weighted by atomic mass is 19.1. The highest BCUT2D eigenvalue weighted by molar-refractivity contribution is 5.94. The highest BCUT2D eigenvalue weighted by Gasteiger charge is 2.19. The van der Waals surface area contributed by atoms with E-state index in [9.17, 15) is 4.39 Å². The van der Waals surface area contributed by atoms with E-state index in [1.54, 1.807) is 0 Å². The van der Waals surface area contributed by atoms with Gasteiger partial charge in [-0.25, -0.2) is 4.39 Å². The van der Waals surface area contributed by atoms with Crippen LogP contribution in [-0.4, -0.2) is 35.7 Å². The number of hydrogen-bond donors (Lipinski definition) is 0. The van der Waals surface area contributed by atoms with Gasteiger partial charge in [0.2, 0.25) is 0 Å². The Morgan fingerprint density at radius 3 is 2.80 bits per heavy atom. The van der Waals surface area contributed by atoms with Gasteiger partial charge in [0.25, 0.3) is 0 Å². The lowest BCUT2D eigenvalue weighted by molar-refractivity contribution is -0.00435. The van der Waals surface area contributed by atoms with Crippen molar-refractivity contribution in [1.29, 1.82) is 0 Å². The molecule has 3 aromatic rings. The molecule has 4 rings (SSSR count). The third-order valence-corrected chi connectivity index (χ3v) is 4.85.